The number of hydrogen-bond acceptors (Lipinski definition) is 5. The Balaban J connectivity index is 1.51. The number of morpholine rings is 1. The number of rotatable bonds is 5. The van der Waals surface area contributed by atoms with Crippen LogP contribution in [0.4, 0.5) is 0 Å². The first-order chi connectivity index (χ1) is 9.83. The van der Waals surface area contributed by atoms with Gasteiger partial charge in [0.05, 0.1) is 19.3 Å². The van der Waals surface area contributed by atoms with Crippen LogP contribution in [0.15, 0.2) is 16.8 Å². The van der Waals surface area contributed by atoms with Gasteiger partial charge in [-0.05, 0) is 41.8 Å². The van der Waals surface area contributed by atoms with Crippen LogP contribution in [0, 0.1) is 0 Å². The van der Waals surface area contributed by atoms with E-state index < -0.39 is 0 Å². The summed E-state index contributed by atoms with van der Waals surface area (Å²) in [5.41, 5.74) is 1.42. The van der Waals surface area contributed by atoms with E-state index in [0.29, 0.717) is 6.04 Å². The predicted molar refractivity (Wildman–Crippen MR) is 81.1 cm³/mol. The molecular weight excluding hydrogens is 272 g/mol. The largest absolute Gasteiger partial charge is 0.390 e. The summed E-state index contributed by atoms with van der Waals surface area (Å²) >= 11 is 1.76. The number of hydrogen-bond donors (Lipinski definition) is 1. The highest BCUT2D eigenvalue weighted by atomic mass is 32.1. The zero-order valence-corrected chi connectivity index (χ0v) is 12.7. The summed E-state index contributed by atoms with van der Waals surface area (Å²) in [6, 6.07) is 2.74. The zero-order valence-electron chi connectivity index (χ0n) is 11.9. The molecule has 2 aliphatic rings. The molecule has 0 bridgehead atoms. The van der Waals surface area contributed by atoms with Crippen LogP contribution < -0.4 is 0 Å². The van der Waals surface area contributed by atoms with E-state index in [2.05, 4.69) is 26.6 Å². The van der Waals surface area contributed by atoms with Crippen LogP contribution in [0.2, 0.25) is 0 Å². The van der Waals surface area contributed by atoms with Gasteiger partial charge in [0.2, 0.25) is 0 Å². The van der Waals surface area contributed by atoms with Gasteiger partial charge in [0.15, 0.2) is 0 Å². The van der Waals surface area contributed by atoms with E-state index >= 15 is 0 Å². The summed E-state index contributed by atoms with van der Waals surface area (Å²) in [5, 5.41) is 14.8. The second kappa shape index (κ2) is 7.00. The summed E-state index contributed by atoms with van der Waals surface area (Å²) in [6.07, 6.45) is 2.21. The van der Waals surface area contributed by atoms with Gasteiger partial charge in [0, 0.05) is 32.2 Å². The van der Waals surface area contributed by atoms with E-state index in [1.54, 1.807) is 11.3 Å². The molecule has 5 heteroatoms. The second-order valence-electron chi connectivity index (χ2n) is 5.78. The van der Waals surface area contributed by atoms with Crippen LogP contribution in [-0.4, -0.2) is 66.9 Å². The molecule has 2 fully saturated rings. The Morgan fingerprint density at radius 1 is 1.30 bits per heavy atom. The number of likely N-dealkylation sites (tertiary alicyclic amines) is 1. The SMILES string of the molecule is O[C@H](CN1CCOCC1)CN1CCC[C@H]1c1ccsc1. The van der Waals surface area contributed by atoms with Crippen molar-refractivity contribution in [2.24, 2.45) is 0 Å². The highest BCUT2D eigenvalue weighted by Gasteiger charge is 2.28. The third kappa shape index (κ3) is 3.59. The monoisotopic (exact) mass is 296 g/mol. The molecule has 2 aliphatic heterocycles. The minimum atomic E-state index is -0.257. The molecule has 0 amide bonds. The van der Waals surface area contributed by atoms with Crippen LogP contribution in [-0.2, 0) is 4.74 Å². The highest BCUT2D eigenvalue weighted by Crippen LogP contribution is 2.32. The van der Waals surface area contributed by atoms with Crippen molar-refractivity contribution in [1.82, 2.24) is 9.80 Å². The molecule has 0 saturated carbocycles. The maximum atomic E-state index is 10.4. The van der Waals surface area contributed by atoms with E-state index in [0.717, 1.165) is 45.9 Å². The van der Waals surface area contributed by atoms with Gasteiger partial charge < -0.3 is 9.84 Å². The van der Waals surface area contributed by atoms with E-state index in [1.165, 1.54) is 18.4 Å². The van der Waals surface area contributed by atoms with Crippen molar-refractivity contribution in [3.63, 3.8) is 0 Å². The lowest BCUT2D eigenvalue weighted by atomic mass is 10.1. The molecule has 0 aliphatic carbocycles. The number of ether oxygens (including phenoxy) is 1. The fourth-order valence-corrected chi connectivity index (χ4v) is 4.00. The molecule has 0 unspecified atom stereocenters. The average molecular weight is 296 g/mol. The Hall–Kier alpha value is -0.460. The molecule has 2 saturated heterocycles. The quantitative estimate of drug-likeness (QED) is 0.895. The first-order valence-electron chi connectivity index (χ1n) is 7.57. The number of thiophene rings is 1. The minimum Gasteiger partial charge on any atom is -0.390 e. The molecule has 1 N–H and O–H groups in total. The van der Waals surface area contributed by atoms with Crippen molar-refractivity contribution in [2.45, 2.75) is 25.0 Å². The van der Waals surface area contributed by atoms with Crippen molar-refractivity contribution < 1.29 is 9.84 Å². The van der Waals surface area contributed by atoms with E-state index in [9.17, 15) is 5.11 Å². The Kier molecular flexibility index (Phi) is 5.07. The van der Waals surface area contributed by atoms with Crippen LogP contribution in [0.5, 0.6) is 0 Å². The molecular formula is C15H24N2O2S. The van der Waals surface area contributed by atoms with Gasteiger partial charge in [-0.1, -0.05) is 0 Å². The summed E-state index contributed by atoms with van der Waals surface area (Å²) in [4.78, 5) is 4.76. The summed E-state index contributed by atoms with van der Waals surface area (Å²) in [6.45, 7) is 6.17. The molecule has 3 heterocycles. The van der Waals surface area contributed by atoms with Crippen molar-refractivity contribution in [2.75, 3.05) is 45.9 Å². The Morgan fingerprint density at radius 2 is 2.15 bits per heavy atom. The van der Waals surface area contributed by atoms with Gasteiger partial charge in [-0.15, -0.1) is 0 Å². The topological polar surface area (TPSA) is 35.9 Å². The van der Waals surface area contributed by atoms with Crippen molar-refractivity contribution in [1.29, 1.82) is 0 Å². The van der Waals surface area contributed by atoms with E-state index in [-0.39, 0.29) is 6.10 Å². The maximum Gasteiger partial charge on any atom is 0.0794 e. The minimum absolute atomic E-state index is 0.257. The fourth-order valence-electron chi connectivity index (χ4n) is 3.30. The zero-order chi connectivity index (χ0) is 13.8. The first kappa shape index (κ1) is 14.5. The Labute approximate surface area is 125 Å². The van der Waals surface area contributed by atoms with Gasteiger partial charge in [-0.2, -0.15) is 11.3 Å². The van der Waals surface area contributed by atoms with E-state index in [4.69, 9.17) is 4.74 Å². The molecule has 20 heavy (non-hydrogen) atoms. The van der Waals surface area contributed by atoms with Crippen molar-refractivity contribution in [3.8, 4) is 0 Å². The average Bonchev–Trinajstić information content (AvgIpc) is 3.10. The van der Waals surface area contributed by atoms with Gasteiger partial charge in [-0.3, -0.25) is 9.80 Å². The van der Waals surface area contributed by atoms with Crippen LogP contribution in [0.3, 0.4) is 0 Å². The Morgan fingerprint density at radius 3 is 2.90 bits per heavy atom. The van der Waals surface area contributed by atoms with Crippen LogP contribution in [0.25, 0.3) is 0 Å². The third-order valence-corrected chi connectivity index (χ3v) is 5.01. The van der Waals surface area contributed by atoms with Gasteiger partial charge in [-0.25, -0.2) is 0 Å². The number of aliphatic hydroxyl groups excluding tert-OH is 1. The lowest BCUT2D eigenvalue weighted by Gasteiger charge is -2.31. The standard InChI is InChI=1S/C15H24N2O2S/c18-14(10-16-5-7-19-8-6-16)11-17-4-1-2-15(17)13-3-9-20-12-13/h3,9,12,14-15,18H,1-2,4-8,10-11H2/t14-,15+/m1/s1. The molecule has 0 spiro atoms. The number of aliphatic hydroxyl groups is 1. The van der Waals surface area contributed by atoms with Crippen molar-refractivity contribution >= 4 is 11.3 Å². The molecule has 112 valence electrons. The molecule has 3 rings (SSSR count). The lowest BCUT2D eigenvalue weighted by Crippen LogP contribution is -2.44. The fraction of sp³-hybridized carbons (Fsp3) is 0.733. The maximum absolute atomic E-state index is 10.4. The summed E-state index contributed by atoms with van der Waals surface area (Å²) in [7, 11) is 0. The van der Waals surface area contributed by atoms with E-state index in [1.807, 2.05) is 0 Å². The second-order valence-corrected chi connectivity index (χ2v) is 6.56. The molecule has 0 radical (unpaired) electrons. The lowest BCUT2D eigenvalue weighted by molar-refractivity contribution is 0.00586. The van der Waals surface area contributed by atoms with Crippen LogP contribution in [0.1, 0.15) is 24.4 Å². The predicted octanol–water partition coefficient (Wildman–Crippen LogP) is 1.58. The molecule has 1 aromatic heterocycles. The van der Waals surface area contributed by atoms with Gasteiger partial charge in [0.25, 0.3) is 0 Å². The first-order valence-corrected chi connectivity index (χ1v) is 8.51. The Bertz CT molecular complexity index is 393. The van der Waals surface area contributed by atoms with Gasteiger partial charge >= 0.3 is 0 Å². The smallest absolute Gasteiger partial charge is 0.0794 e. The molecule has 4 nitrogen and oxygen atoms in total. The number of nitrogens with zero attached hydrogens (tertiary/aromatic N) is 2. The summed E-state index contributed by atoms with van der Waals surface area (Å²) in [5.74, 6) is 0. The normalized spacial score (nSPS) is 26.9. The third-order valence-electron chi connectivity index (χ3n) is 4.31. The molecule has 1 aromatic rings. The summed E-state index contributed by atoms with van der Waals surface area (Å²) < 4.78 is 5.35. The van der Waals surface area contributed by atoms with Crippen molar-refractivity contribution in [3.05, 3.63) is 22.4 Å². The molecule has 0 aromatic carbocycles. The highest BCUT2D eigenvalue weighted by molar-refractivity contribution is 7.07. The number of β-amino-alcohol motifs (C(OH)–C–C–N with tert-alkyl or cyclic N) is 1. The van der Waals surface area contributed by atoms with Gasteiger partial charge in [0.1, 0.15) is 0 Å². The van der Waals surface area contributed by atoms with Crippen LogP contribution >= 0.6 is 11.3 Å². The molecule has 2 atom stereocenters.